The Morgan fingerprint density at radius 2 is 2.00 bits per heavy atom. The molecule has 3 heteroatoms. The molecule has 1 aliphatic heterocycles. The summed E-state index contributed by atoms with van der Waals surface area (Å²) >= 11 is 0. The molecule has 3 nitrogen and oxygen atoms in total. The Kier molecular flexibility index (Phi) is 2.91. The highest BCUT2D eigenvalue weighted by molar-refractivity contribution is 6.18. The summed E-state index contributed by atoms with van der Waals surface area (Å²) in [5.41, 5.74) is 2.20. The summed E-state index contributed by atoms with van der Waals surface area (Å²) in [6.45, 7) is 5.60. The van der Waals surface area contributed by atoms with Gasteiger partial charge in [-0.05, 0) is 13.0 Å². The molecule has 0 unspecified atom stereocenters. The molecule has 1 amide bonds. The molecule has 0 bridgehead atoms. The predicted molar refractivity (Wildman–Crippen MR) is 68.6 cm³/mol. The van der Waals surface area contributed by atoms with Gasteiger partial charge in [-0.3, -0.25) is 9.69 Å². The summed E-state index contributed by atoms with van der Waals surface area (Å²) in [6.07, 6.45) is 1.70. The third-order valence-corrected chi connectivity index (χ3v) is 2.48. The van der Waals surface area contributed by atoms with E-state index in [2.05, 4.69) is 11.6 Å². The van der Waals surface area contributed by atoms with Crippen molar-refractivity contribution in [2.75, 3.05) is 7.05 Å². The lowest BCUT2D eigenvalue weighted by Crippen LogP contribution is -2.28. The summed E-state index contributed by atoms with van der Waals surface area (Å²) in [6, 6.07) is 9.66. The number of hydrogen-bond donors (Lipinski definition) is 0. The lowest BCUT2D eigenvalue weighted by molar-refractivity contribution is -0.121. The van der Waals surface area contributed by atoms with Crippen molar-refractivity contribution in [3.05, 3.63) is 59.8 Å². The van der Waals surface area contributed by atoms with Gasteiger partial charge >= 0.3 is 0 Å². The van der Waals surface area contributed by atoms with E-state index in [0.717, 1.165) is 11.1 Å². The maximum atomic E-state index is 11.9. The van der Waals surface area contributed by atoms with Crippen LogP contribution in [-0.2, 0) is 4.79 Å². The lowest BCUT2D eigenvalue weighted by atomic mass is 10.2. The highest BCUT2D eigenvalue weighted by Gasteiger charge is 2.27. The monoisotopic (exact) mass is 226 g/mol. The minimum absolute atomic E-state index is 0.0909. The van der Waals surface area contributed by atoms with E-state index in [0.29, 0.717) is 11.5 Å². The maximum Gasteiger partial charge on any atom is 0.277 e. The fourth-order valence-electron chi connectivity index (χ4n) is 1.68. The Labute approximate surface area is 101 Å². The van der Waals surface area contributed by atoms with Gasteiger partial charge in [0.1, 0.15) is 11.5 Å². The largest absolute Gasteiger partial charge is 0.294 e. The third kappa shape index (κ3) is 2.18. The molecular weight excluding hydrogens is 212 g/mol. The Morgan fingerprint density at radius 3 is 2.59 bits per heavy atom. The minimum Gasteiger partial charge on any atom is -0.294 e. The molecular formula is C14H14N2O. The fourth-order valence-corrected chi connectivity index (χ4v) is 1.68. The van der Waals surface area contributed by atoms with Crippen LogP contribution in [0.15, 0.2) is 59.2 Å². The van der Waals surface area contributed by atoms with E-state index in [1.165, 1.54) is 0 Å². The lowest BCUT2D eigenvalue weighted by Gasteiger charge is -2.11. The number of benzene rings is 1. The van der Waals surface area contributed by atoms with Crippen molar-refractivity contribution in [1.29, 1.82) is 0 Å². The zero-order valence-corrected chi connectivity index (χ0v) is 9.97. The minimum atomic E-state index is -0.0909. The first-order chi connectivity index (χ1) is 8.09. The number of amidine groups is 1. The predicted octanol–water partition coefficient (Wildman–Crippen LogP) is 2.37. The van der Waals surface area contributed by atoms with Crippen molar-refractivity contribution < 1.29 is 4.79 Å². The van der Waals surface area contributed by atoms with Gasteiger partial charge in [0.2, 0.25) is 0 Å². The van der Waals surface area contributed by atoms with E-state index in [1.54, 1.807) is 18.0 Å². The highest BCUT2D eigenvalue weighted by Crippen LogP contribution is 2.18. The molecule has 0 spiro atoms. The van der Waals surface area contributed by atoms with Crippen molar-refractivity contribution >= 4 is 11.7 Å². The molecule has 17 heavy (non-hydrogen) atoms. The SMILES string of the molecule is C=C(C)/C=C1\N=C(c2ccccc2)N(C)C1=O. The number of carbonyl (C=O) groups is 1. The molecule has 1 aromatic carbocycles. The van der Waals surface area contributed by atoms with Crippen LogP contribution in [-0.4, -0.2) is 23.7 Å². The van der Waals surface area contributed by atoms with Gasteiger partial charge in [0.25, 0.3) is 5.91 Å². The van der Waals surface area contributed by atoms with Gasteiger partial charge in [0, 0.05) is 12.6 Å². The first-order valence-electron chi connectivity index (χ1n) is 5.39. The van der Waals surface area contributed by atoms with Gasteiger partial charge in [-0.1, -0.05) is 42.5 Å². The number of aliphatic imine (C=N–C) groups is 1. The quantitative estimate of drug-likeness (QED) is 0.712. The van der Waals surface area contributed by atoms with E-state index >= 15 is 0 Å². The van der Waals surface area contributed by atoms with Gasteiger partial charge < -0.3 is 0 Å². The molecule has 0 aromatic heterocycles. The Morgan fingerprint density at radius 1 is 1.35 bits per heavy atom. The van der Waals surface area contributed by atoms with Gasteiger partial charge in [-0.25, -0.2) is 4.99 Å². The summed E-state index contributed by atoms with van der Waals surface area (Å²) in [5, 5.41) is 0. The molecule has 0 atom stereocenters. The second kappa shape index (κ2) is 4.37. The zero-order chi connectivity index (χ0) is 12.4. The molecule has 0 aliphatic carbocycles. The molecule has 0 saturated heterocycles. The summed E-state index contributed by atoms with van der Waals surface area (Å²) in [5.74, 6) is 0.593. The van der Waals surface area contributed by atoms with E-state index in [1.807, 2.05) is 37.3 Å². The number of carbonyl (C=O) groups excluding carboxylic acids is 1. The third-order valence-electron chi connectivity index (χ3n) is 2.48. The smallest absolute Gasteiger partial charge is 0.277 e. The molecule has 2 rings (SSSR count). The van der Waals surface area contributed by atoms with Crippen LogP contribution in [0.4, 0.5) is 0 Å². The van der Waals surface area contributed by atoms with Crippen molar-refractivity contribution in [2.24, 2.45) is 4.99 Å². The van der Waals surface area contributed by atoms with Crippen LogP contribution >= 0.6 is 0 Å². The van der Waals surface area contributed by atoms with Crippen molar-refractivity contribution in [3.8, 4) is 0 Å². The zero-order valence-electron chi connectivity index (χ0n) is 9.97. The van der Waals surface area contributed by atoms with Crippen LogP contribution in [0.1, 0.15) is 12.5 Å². The summed E-state index contributed by atoms with van der Waals surface area (Å²) in [4.78, 5) is 17.8. The first kappa shape index (κ1) is 11.3. The van der Waals surface area contributed by atoms with Gasteiger partial charge in [0.15, 0.2) is 0 Å². The molecule has 0 radical (unpaired) electrons. The van der Waals surface area contributed by atoms with Crippen LogP contribution in [0.3, 0.4) is 0 Å². The topological polar surface area (TPSA) is 32.7 Å². The van der Waals surface area contributed by atoms with Crippen molar-refractivity contribution in [3.63, 3.8) is 0 Å². The number of likely N-dealkylation sites (N-methyl/N-ethyl adjacent to an activating group) is 1. The second-order valence-corrected chi connectivity index (χ2v) is 4.04. The number of nitrogens with zero attached hydrogens (tertiary/aromatic N) is 2. The fraction of sp³-hybridized carbons (Fsp3) is 0.143. The Bertz CT molecular complexity index is 526. The van der Waals surface area contributed by atoms with E-state index in [4.69, 9.17) is 0 Å². The Hall–Kier alpha value is -2.16. The highest BCUT2D eigenvalue weighted by atomic mass is 16.2. The van der Waals surface area contributed by atoms with Gasteiger partial charge in [-0.2, -0.15) is 0 Å². The van der Waals surface area contributed by atoms with Gasteiger partial charge in [0.05, 0.1) is 0 Å². The van der Waals surface area contributed by atoms with Crippen LogP contribution in [0.5, 0.6) is 0 Å². The average molecular weight is 226 g/mol. The van der Waals surface area contributed by atoms with Gasteiger partial charge in [-0.15, -0.1) is 0 Å². The Balaban J connectivity index is 2.43. The molecule has 1 aromatic rings. The van der Waals surface area contributed by atoms with Crippen LogP contribution in [0.2, 0.25) is 0 Å². The number of hydrogen-bond acceptors (Lipinski definition) is 2. The summed E-state index contributed by atoms with van der Waals surface area (Å²) < 4.78 is 0. The van der Waals surface area contributed by atoms with E-state index in [-0.39, 0.29) is 5.91 Å². The van der Waals surface area contributed by atoms with Crippen LogP contribution in [0, 0.1) is 0 Å². The summed E-state index contributed by atoms with van der Waals surface area (Å²) in [7, 11) is 1.73. The first-order valence-corrected chi connectivity index (χ1v) is 5.39. The number of rotatable bonds is 2. The van der Waals surface area contributed by atoms with Crippen molar-refractivity contribution in [2.45, 2.75) is 6.92 Å². The van der Waals surface area contributed by atoms with Crippen molar-refractivity contribution in [1.82, 2.24) is 4.90 Å². The standard InChI is InChI=1S/C14H14N2O/c1-10(2)9-12-14(17)16(3)13(15-12)11-7-5-4-6-8-11/h4-9H,1H2,2-3H3/b12-9-. The van der Waals surface area contributed by atoms with E-state index < -0.39 is 0 Å². The van der Waals surface area contributed by atoms with Crippen LogP contribution in [0.25, 0.3) is 0 Å². The number of allylic oxidation sites excluding steroid dienone is 2. The molecule has 0 N–H and O–H groups in total. The average Bonchev–Trinajstić information content (AvgIpc) is 2.58. The normalized spacial score (nSPS) is 17.5. The van der Waals surface area contributed by atoms with Crippen LogP contribution < -0.4 is 0 Å². The molecule has 0 saturated carbocycles. The second-order valence-electron chi connectivity index (χ2n) is 4.04. The number of amides is 1. The molecule has 1 aliphatic rings. The maximum absolute atomic E-state index is 11.9. The van der Waals surface area contributed by atoms with E-state index in [9.17, 15) is 4.79 Å². The molecule has 86 valence electrons. The molecule has 0 fully saturated rings. The molecule has 1 heterocycles.